The SMILES string of the molecule is CN(C)c1ccc(N2CCN(Cc3ccncc3)CC2)nn1. The first kappa shape index (κ1) is 14.7. The first-order valence-corrected chi connectivity index (χ1v) is 7.59. The van der Waals surface area contributed by atoms with Crippen LogP contribution in [-0.4, -0.2) is 60.4 Å². The van der Waals surface area contributed by atoms with Crippen LogP contribution < -0.4 is 9.80 Å². The average molecular weight is 298 g/mol. The van der Waals surface area contributed by atoms with Crippen molar-refractivity contribution in [2.24, 2.45) is 0 Å². The van der Waals surface area contributed by atoms with E-state index in [4.69, 9.17) is 0 Å². The summed E-state index contributed by atoms with van der Waals surface area (Å²) in [6.45, 7) is 5.04. The van der Waals surface area contributed by atoms with E-state index in [1.165, 1.54) is 5.56 Å². The number of pyridine rings is 1. The Balaban J connectivity index is 1.55. The van der Waals surface area contributed by atoms with E-state index in [0.29, 0.717) is 0 Å². The first-order valence-electron chi connectivity index (χ1n) is 7.59. The number of rotatable bonds is 4. The number of anilines is 2. The van der Waals surface area contributed by atoms with E-state index in [1.807, 2.05) is 37.5 Å². The van der Waals surface area contributed by atoms with Crippen molar-refractivity contribution >= 4 is 11.6 Å². The van der Waals surface area contributed by atoms with Gasteiger partial charge in [0.25, 0.3) is 0 Å². The molecule has 0 spiro atoms. The molecule has 22 heavy (non-hydrogen) atoms. The van der Waals surface area contributed by atoms with Crippen molar-refractivity contribution in [3.8, 4) is 0 Å². The van der Waals surface area contributed by atoms with Crippen molar-refractivity contribution in [3.05, 3.63) is 42.2 Å². The van der Waals surface area contributed by atoms with Crippen LogP contribution in [0.4, 0.5) is 11.6 Å². The summed E-state index contributed by atoms with van der Waals surface area (Å²) in [6, 6.07) is 8.24. The molecule has 0 unspecified atom stereocenters. The van der Waals surface area contributed by atoms with Gasteiger partial charge in [-0.3, -0.25) is 9.88 Å². The molecule has 3 heterocycles. The molecule has 3 rings (SSSR count). The van der Waals surface area contributed by atoms with Crippen LogP contribution in [0.2, 0.25) is 0 Å². The number of hydrogen-bond acceptors (Lipinski definition) is 6. The lowest BCUT2D eigenvalue weighted by Gasteiger charge is -2.35. The fraction of sp³-hybridized carbons (Fsp3) is 0.438. The lowest BCUT2D eigenvalue weighted by atomic mass is 10.2. The van der Waals surface area contributed by atoms with Gasteiger partial charge in [0.1, 0.15) is 0 Å². The minimum absolute atomic E-state index is 0.889. The van der Waals surface area contributed by atoms with Crippen LogP contribution in [0, 0.1) is 0 Å². The summed E-state index contributed by atoms with van der Waals surface area (Å²) in [5, 5.41) is 8.59. The van der Waals surface area contributed by atoms with Gasteiger partial charge in [-0.05, 0) is 29.8 Å². The van der Waals surface area contributed by atoms with Gasteiger partial charge in [-0.2, -0.15) is 0 Å². The molecule has 0 amide bonds. The molecule has 0 saturated carbocycles. The summed E-state index contributed by atoms with van der Waals surface area (Å²) in [4.78, 5) is 10.8. The zero-order valence-corrected chi connectivity index (χ0v) is 13.2. The predicted molar refractivity (Wildman–Crippen MR) is 88.1 cm³/mol. The monoisotopic (exact) mass is 298 g/mol. The van der Waals surface area contributed by atoms with Gasteiger partial charge < -0.3 is 9.80 Å². The molecule has 0 atom stereocenters. The Labute approximate surface area is 131 Å². The zero-order valence-electron chi connectivity index (χ0n) is 13.2. The largest absolute Gasteiger partial charge is 0.361 e. The van der Waals surface area contributed by atoms with Crippen molar-refractivity contribution in [2.45, 2.75) is 6.54 Å². The number of aromatic nitrogens is 3. The maximum absolute atomic E-state index is 4.34. The van der Waals surface area contributed by atoms with Gasteiger partial charge in [-0.15, -0.1) is 10.2 Å². The number of nitrogens with zero attached hydrogens (tertiary/aromatic N) is 6. The minimum Gasteiger partial charge on any atom is -0.361 e. The first-order chi connectivity index (χ1) is 10.7. The molecule has 2 aromatic rings. The number of piperazine rings is 1. The lowest BCUT2D eigenvalue weighted by molar-refractivity contribution is 0.249. The molecule has 1 aliphatic rings. The molecule has 0 aliphatic carbocycles. The second-order valence-electron chi connectivity index (χ2n) is 5.76. The Morgan fingerprint density at radius 3 is 2.27 bits per heavy atom. The van der Waals surface area contributed by atoms with Gasteiger partial charge in [-0.25, -0.2) is 0 Å². The highest BCUT2D eigenvalue weighted by atomic mass is 15.3. The maximum atomic E-state index is 4.34. The van der Waals surface area contributed by atoms with Crippen molar-refractivity contribution in [1.82, 2.24) is 20.1 Å². The van der Waals surface area contributed by atoms with Crippen LogP contribution in [0.3, 0.4) is 0 Å². The van der Waals surface area contributed by atoms with Gasteiger partial charge in [0, 0.05) is 59.2 Å². The quantitative estimate of drug-likeness (QED) is 0.847. The predicted octanol–water partition coefficient (Wildman–Crippen LogP) is 1.26. The molecule has 6 nitrogen and oxygen atoms in total. The van der Waals surface area contributed by atoms with E-state index in [1.54, 1.807) is 0 Å². The second kappa shape index (κ2) is 6.70. The van der Waals surface area contributed by atoms with Gasteiger partial charge in [-0.1, -0.05) is 0 Å². The molecule has 2 aromatic heterocycles. The van der Waals surface area contributed by atoms with Crippen LogP contribution in [0.1, 0.15) is 5.56 Å². The third-order valence-corrected chi connectivity index (χ3v) is 3.95. The molecular formula is C16H22N6. The van der Waals surface area contributed by atoms with Crippen LogP contribution in [0.5, 0.6) is 0 Å². The summed E-state index contributed by atoms with van der Waals surface area (Å²) < 4.78 is 0. The summed E-state index contributed by atoms with van der Waals surface area (Å²) in [7, 11) is 3.95. The van der Waals surface area contributed by atoms with Gasteiger partial charge in [0.15, 0.2) is 11.6 Å². The third-order valence-electron chi connectivity index (χ3n) is 3.95. The molecular weight excluding hydrogens is 276 g/mol. The fourth-order valence-corrected chi connectivity index (χ4v) is 2.61. The summed E-state index contributed by atoms with van der Waals surface area (Å²) in [5.74, 6) is 1.86. The molecule has 0 radical (unpaired) electrons. The maximum Gasteiger partial charge on any atom is 0.151 e. The van der Waals surface area contributed by atoms with E-state index < -0.39 is 0 Å². The normalized spacial score (nSPS) is 15.8. The highest BCUT2D eigenvalue weighted by Gasteiger charge is 2.18. The van der Waals surface area contributed by atoms with Gasteiger partial charge >= 0.3 is 0 Å². The Hall–Kier alpha value is -2.21. The molecule has 116 valence electrons. The van der Waals surface area contributed by atoms with Crippen molar-refractivity contribution in [1.29, 1.82) is 0 Å². The Morgan fingerprint density at radius 2 is 1.68 bits per heavy atom. The second-order valence-corrected chi connectivity index (χ2v) is 5.76. The lowest BCUT2D eigenvalue weighted by Crippen LogP contribution is -2.46. The highest BCUT2D eigenvalue weighted by Crippen LogP contribution is 2.16. The van der Waals surface area contributed by atoms with Gasteiger partial charge in [0.05, 0.1) is 0 Å². The standard InChI is InChI=1S/C16H22N6/c1-20(2)15-3-4-16(19-18-15)22-11-9-21(10-12-22)13-14-5-7-17-8-6-14/h3-8H,9-13H2,1-2H3. The van der Waals surface area contributed by atoms with Crippen LogP contribution in [-0.2, 0) is 6.54 Å². The molecule has 6 heteroatoms. The van der Waals surface area contributed by atoms with Crippen LogP contribution in [0.15, 0.2) is 36.7 Å². The van der Waals surface area contributed by atoms with E-state index in [2.05, 4.69) is 43.2 Å². The van der Waals surface area contributed by atoms with E-state index in [0.717, 1.165) is 44.4 Å². The van der Waals surface area contributed by atoms with Crippen LogP contribution in [0.25, 0.3) is 0 Å². The van der Waals surface area contributed by atoms with Gasteiger partial charge in [0.2, 0.25) is 0 Å². The molecule has 1 saturated heterocycles. The van der Waals surface area contributed by atoms with E-state index in [9.17, 15) is 0 Å². The van der Waals surface area contributed by atoms with E-state index >= 15 is 0 Å². The van der Waals surface area contributed by atoms with Crippen molar-refractivity contribution < 1.29 is 0 Å². The fourth-order valence-electron chi connectivity index (χ4n) is 2.61. The Kier molecular flexibility index (Phi) is 4.48. The van der Waals surface area contributed by atoms with E-state index in [-0.39, 0.29) is 0 Å². The van der Waals surface area contributed by atoms with Crippen molar-refractivity contribution in [2.75, 3.05) is 50.1 Å². The molecule has 0 N–H and O–H groups in total. The molecule has 0 aromatic carbocycles. The Bertz CT molecular complexity index is 575. The molecule has 1 aliphatic heterocycles. The summed E-state index contributed by atoms with van der Waals surface area (Å²) in [6.07, 6.45) is 3.71. The Morgan fingerprint density at radius 1 is 0.955 bits per heavy atom. The summed E-state index contributed by atoms with van der Waals surface area (Å²) in [5.41, 5.74) is 1.32. The number of hydrogen-bond donors (Lipinski definition) is 0. The third kappa shape index (κ3) is 3.51. The summed E-state index contributed by atoms with van der Waals surface area (Å²) >= 11 is 0. The van der Waals surface area contributed by atoms with Crippen molar-refractivity contribution in [3.63, 3.8) is 0 Å². The highest BCUT2D eigenvalue weighted by molar-refractivity contribution is 5.44. The average Bonchev–Trinajstić information content (AvgIpc) is 2.57. The topological polar surface area (TPSA) is 48.4 Å². The minimum atomic E-state index is 0.889. The molecule has 1 fully saturated rings. The zero-order chi connectivity index (χ0) is 15.4. The van der Waals surface area contributed by atoms with Crippen LogP contribution >= 0.6 is 0 Å². The molecule has 0 bridgehead atoms. The smallest absolute Gasteiger partial charge is 0.151 e.